The summed E-state index contributed by atoms with van der Waals surface area (Å²) in [5.41, 5.74) is -0.514. The molecule has 0 heterocycles. The lowest BCUT2D eigenvalue weighted by atomic mass is 9.75. The number of esters is 1. The van der Waals surface area contributed by atoms with Gasteiger partial charge in [0, 0.05) is 0 Å². The fourth-order valence-electron chi connectivity index (χ4n) is 3.26. The molecule has 2 unspecified atom stereocenters. The van der Waals surface area contributed by atoms with Crippen molar-refractivity contribution in [3.05, 3.63) is 35.9 Å². The molecule has 1 aliphatic carbocycles. The number of ether oxygens (including phenoxy) is 1. The van der Waals surface area contributed by atoms with Crippen molar-refractivity contribution in [1.82, 2.24) is 0 Å². The number of carbonyl (C=O) groups excluding carboxylic acids is 1. The molecule has 1 saturated carbocycles. The summed E-state index contributed by atoms with van der Waals surface area (Å²) in [5.74, 6) is -2.63. The van der Waals surface area contributed by atoms with Gasteiger partial charge >= 0.3 is 19.4 Å². The minimum Gasteiger partial charge on any atom is -0.481 e. The third kappa shape index (κ3) is 5.34. The predicted molar refractivity (Wildman–Crippen MR) is 99.6 cm³/mol. The van der Waals surface area contributed by atoms with Gasteiger partial charge < -0.3 is 14.5 Å². The number of hydrogen-bond acceptors (Lipinski definition) is 4. The number of benzene rings is 1. The Bertz CT molecular complexity index is 626. The van der Waals surface area contributed by atoms with Crippen LogP contribution in [0.15, 0.2) is 30.3 Å². The lowest BCUT2D eigenvalue weighted by Gasteiger charge is -2.34. The van der Waals surface area contributed by atoms with Crippen molar-refractivity contribution in [2.45, 2.75) is 64.5 Å². The molecule has 2 atom stereocenters. The maximum Gasteiger partial charge on any atom is 0.344 e. The van der Waals surface area contributed by atoms with Gasteiger partial charge in [0.1, 0.15) is 5.50 Å². The Hall–Kier alpha value is -1.82. The second-order valence-corrected chi connectivity index (χ2v) is 7.97. The van der Waals surface area contributed by atoms with Crippen molar-refractivity contribution in [2.24, 2.45) is 11.8 Å². The van der Waals surface area contributed by atoms with E-state index in [4.69, 9.17) is 9.39 Å². The minimum atomic E-state index is -0.955. The Labute approximate surface area is 156 Å². The summed E-state index contributed by atoms with van der Waals surface area (Å²) in [6.07, 6.45) is 2.77. The quantitative estimate of drug-likeness (QED) is 0.593. The highest BCUT2D eigenvalue weighted by molar-refractivity contribution is 6.32. The van der Waals surface area contributed by atoms with Crippen molar-refractivity contribution >= 4 is 19.4 Å². The molecule has 5 nitrogen and oxygen atoms in total. The number of carboxylic acid groups (broad SMARTS) is 1. The summed E-state index contributed by atoms with van der Waals surface area (Å²) in [5, 5.41) is 9.35. The van der Waals surface area contributed by atoms with E-state index < -0.39 is 34.9 Å². The molecule has 1 aromatic carbocycles. The molecule has 0 saturated heterocycles. The molecule has 6 heteroatoms. The standard InChI is InChI=1S/C20H28BO5/c1-19(2,14-10-6-5-7-11-14)26-21-20(3,4)25-18(24)16-13-9-8-12-15(16)17(22)23/h5-7,10-11,15-16H,8-9,12-13H2,1-4H3,(H,22,23). The molecule has 1 N–H and O–H groups in total. The largest absolute Gasteiger partial charge is 0.481 e. The molecular formula is C20H28BO5. The second-order valence-electron chi connectivity index (χ2n) is 7.97. The topological polar surface area (TPSA) is 72.8 Å². The van der Waals surface area contributed by atoms with Crippen LogP contribution in [0.3, 0.4) is 0 Å². The molecule has 0 aliphatic heterocycles. The van der Waals surface area contributed by atoms with E-state index in [9.17, 15) is 14.7 Å². The van der Waals surface area contributed by atoms with Crippen LogP contribution in [-0.4, -0.2) is 30.0 Å². The zero-order valence-electron chi connectivity index (χ0n) is 16.0. The van der Waals surface area contributed by atoms with Crippen molar-refractivity contribution < 1.29 is 24.1 Å². The Balaban J connectivity index is 1.97. The van der Waals surface area contributed by atoms with Crippen LogP contribution in [0.4, 0.5) is 0 Å². The van der Waals surface area contributed by atoms with Crippen LogP contribution in [0, 0.1) is 11.8 Å². The Morgan fingerprint density at radius 3 is 2.19 bits per heavy atom. The molecule has 1 aromatic rings. The SMILES string of the molecule is CC(C)([B]OC(C)(C)c1ccccc1)OC(=O)C1CCCCC1C(=O)O. The van der Waals surface area contributed by atoms with Gasteiger partial charge in [-0.25, -0.2) is 0 Å². The van der Waals surface area contributed by atoms with Gasteiger partial charge in [-0.1, -0.05) is 43.2 Å². The molecule has 26 heavy (non-hydrogen) atoms. The molecular weight excluding hydrogens is 331 g/mol. The first-order valence-electron chi connectivity index (χ1n) is 9.16. The molecule has 141 valence electrons. The first-order valence-corrected chi connectivity index (χ1v) is 9.16. The normalized spacial score (nSPS) is 21.1. The van der Waals surface area contributed by atoms with Crippen molar-refractivity contribution in [3.8, 4) is 0 Å². The highest BCUT2D eigenvalue weighted by Gasteiger charge is 2.40. The number of carboxylic acids is 1. The summed E-state index contributed by atoms with van der Waals surface area (Å²) in [7, 11) is 1.52. The van der Waals surface area contributed by atoms with E-state index in [1.807, 2.05) is 44.2 Å². The highest BCUT2D eigenvalue weighted by atomic mass is 16.6. The maximum absolute atomic E-state index is 12.6. The summed E-state index contributed by atoms with van der Waals surface area (Å²) in [4.78, 5) is 24.0. The number of aliphatic carboxylic acids is 1. The molecule has 0 aromatic heterocycles. The van der Waals surface area contributed by atoms with Gasteiger partial charge in [0.25, 0.3) is 0 Å². The van der Waals surface area contributed by atoms with Gasteiger partial charge in [-0.05, 0) is 46.1 Å². The van der Waals surface area contributed by atoms with Crippen molar-refractivity contribution in [1.29, 1.82) is 0 Å². The smallest absolute Gasteiger partial charge is 0.344 e. The van der Waals surface area contributed by atoms with Gasteiger partial charge in [0.05, 0.1) is 17.4 Å². The lowest BCUT2D eigenvalue weighted by Crippen LogP contribution is -2.43. The zero-order valence-corrected chi connectivity index (χ0v) is 16.0. The number of hydrogen-bond donors (Lipinski definition) is 1. The summed E-state index contributed by atoms with van der Waals surface area (Å²) >= 11 is 0. The summed E-state index contributed by atoms with van der Waals surface area (Å²) < 4.78 is 11.5. The van der Waals surface area contributed by atoms with E-state index in [2.05, 4.69) is 0 Å². The zero-order chi connectivity index (χ0) is 19.4. The van der Waals surface area contributed by atoms with Crippen LogP contribution in [0.1, 0.15) is 58.9 Å². The van der Waals surface area contributed by atoms with E-state index in [0.717, 1.165) is 18.4 Å². The minimum absolute atomic E-state index is 0.459. The van der Waals surface area contributed by atoms with Crippen LogP contribution in [-0.2, 0) is 24.6 Å². The van der Waals surface area contributed by atoms with E-state index in [-0.39, 0.29) is 0 Å². The average molecular weight is 359 g/mol. The summed E-state index contributed by atoms with van der Waals surface area (Å²) in [6.45, 7) is 7.37. The van der Waals surface area contributed by atoms with Gasteiger partial charge in [0.15, 0.2) is 0 Å². The van der Waals surface area contributed by atoms with Gasteiger partial charge in [-0.3, -0.25) is 9.59 Å². The third-order valence-corrected chi connectivity index (χ3v) is 4.86. The van der Waals surface area contributed by atoms with Gasteiger partial charge in [-0.15, -0.1) is 0 Å². The second kappa shape index (κ2) is 8.25. The molecule has 2 rings (SSSR count). The maximum atomic E-state index is 12.6. The van der Waals surface area contributed by atoms with E-state index in [0.29, 0.717) is 12.8 Å². The molecule has 1 fully saturated rings. The average Bonchev–Trinajstić information content (AvgIpc) is 2.60. The fraction of sp³-hybridized carbons (Fsp3) is 0.600. The van der Waals surface area contributed by atoms with Crippen molar-refractivity contribution in [2.75, 3.05) is 0 Å². The summed E-state index contributed by atoms with van der Waals surface area (Å²) in [6, 6.07) is 9.79. The molecule has 0 spiro atoms. The van der Waals surface area contributed by atoms with Crippen LogP contribution >= 0.6 is 0 Å². The first kappa shape index (κ1) is 20.5. The highest BCUT2D eigenvalue weighted by Crippen LogP contribution is 2.32. The molecule has 0 amide bonds. The van der Waals surface area contributed by atoms with Gasteiger partial charge in [0.2, 0.25) is 0 Å². The third-order valence-electron chi connectivity index (χ3n) is 4.86. The van der Waals surface area contributed by atoms with Gasteiger partial charge in [-0.2, -0.15) is 0 Å². The predicted octanol–water partition coefficient (Wildman–Crippen LogP) is 3.73. The molecule has 0 bridgehead atoms. The Morgan fingerprint density at radius 1 is 1.04 bits per heavy atom. The number of rotatable bonds is 7. The van der Waals surface area contributed by atoms with Crippen LogP contribution in [0.5, 0.6) is 0 Å². The van der Waals surface area contributed by atoms with Crippen LogP contribution < -0.4 is 0 Å². The van der Waals surface area contributed by atoms with E-state index >= 15 is 0 Å². The Morgan fingerprint density at radius 2 is 1.62 bits per heavy atom. The van der Waals surface area contributed by atoms with E-state index in [1.165, 1.54) is 7.48 Å². The Kier molecular flexibility index (Phi) is 6.51. The van der Waals surface area contributed by atoms with Crippen LogP contribution in [0.25, 0.3) is 0 Å². The number of carbonyl (C=O) groups is 2. The van der Waals surface area contributed by atoms with Crippen LogP contribution in [0.2, 0.25) is 0 Å². The fourth-order valence-corrected chi connectivity index (χ4v) is 3.26. The monoisotopic (exact) mass is 359 g/mol. The molecule has 1 radical (unpaired) electrons. The first-order chi connectivity index (χ1) is 12.1. The molecule has 1 aliphatic rings. The van der Waals surface area contributed by atoms with E-state index in [1.54, 1.807) is 13.8 Å². The van der Waals surface area contributed by atoms with Crippen molar-refractivity contribution in [3.63, 3.8) is 0 Å². The lowest BCUT2D eigenvalue weighted by molar-refractivity contribution is -0.165.